The van der Waals surface area contributed by atoms with Crippen molar-refractivity contribution in [3.05, 3.63) is 65.9 Å². The second-order valence-corrected chi connectivity index (χ2v) is 4.63. The van der Waals surface area contributed by atoms with E-state index in [2.05, 4.69) is 4.98 Å². The molecule has 2 aromatic carbocycles. The fourth-order valence-electron chi connectivity index (χ4n) is 2.36. The largest absolute Gasteiger partial charge is 0.618 e. The first-order chi connectivity index (χ1) is 11.3. The lowest BCUT2D eigenvalue weighted by atomic mass is 10.1. The smallest absolute Gasteiger partial charge is 0.425 e. The Morgan fingerprint density at radius 2 is 1.50 bits per heavy atom. The van der Waals surface area contributed by atoms with Gasteiger partial charge in [-0.15, -0.1) is 0 Å². The van der Waals surface area contributed by atoms with Gasteiger partial charge < -0.3 is 5.21 Å². The molecule has 24 heavy (non-hydrogen) atoms. The molecule has 1 heterocycles. The highest BCUT2D eigenvalue weighted by Crippen LogP contribution is 2.41. The van der Waals surface area contributed by atoms with E-state index in [1.165, 1.54) is 24.3 Å². The Morgan fingerprint density at radius 1 is 0.875 bits per heavy atom. The summed E-state index contributed by atoms with van der Waals surface area (Å²) in [5, 5.41) is 45.9. The quantitative estimate of drug-likeness (QED) is 0.229. The van der Waals surface area contributed by atoms with Crippen molar-refractivity contribution >= 4 is 39.1 Å². The van der Waals surface area contributed by atoms with Gasteiger partial charge >= 0.3 is 17.1 Å². The number of nitro benzene ring substituents is 3. The van der Waals surface area contributed by atoms with Crippen molar-refractivity contribution in [1.29, 1.82) is 0 Å². The van der Waals surface area contributed by atoms with Gasteiger partial charge in [0.05, 0.1) is 20.8 Å². The van der Waals surface area contributed by atoms with Crippen LogP contribution in [0.5, 0.6) is 0 Å². The normalized spacial score (nSPS) is 10.8. The predicted molar refractivity (Wildman–Crippen MR) is 78.2 cm³/mol. The van der Waals surface area contributed by atoms with Crippen LogP contribution >= 0.6 is 0 Å². The molecule has 0 aliphatic carbocycles. The third-order valence-electron chi connectivity index (χ3n) is 3.32. The Balaban J connectivity index is 2.65. The summed E-state index contributed by atoms with van der Waals surface area (Å²) in [7, 11) is 0. The average molecular weight is 331 g/mol. The van der Waals surface area contributed by atoms with Gasteiger partial charge in [-0.1, -0.05) is 12.1 Å². The molecule has 0 atom stereocenters. The topological polar surface area (TPSA) is 169 Å². The minimum atomic E-state index is -1.32. The van der Waals surface area contributed by atoms with Crippen LogP contribution in [0.2, 0.25) is 0 Å². The van der Waals surface area contributed by atoms with E-state index in [1.54, 1.807) is 0 Å². The summed E-state index contributed by atoms with van der Waals surface area (Å²) >= 11 is 0. The van der Waals surface area contributed by atoms with Gasteiger partial charge in [-0.25, -0.2) is 4.98 Å². The van der Waals surface area contributed by atoms with E-state index in [1.807, 2.05) is 0 Å². The van der Waals surface area contributed by atoms with Gasteiger partial charge in [-0.2, -0.15) is 4.73 Å². The maximum Gasteiger partial charge on any atom is 0.425 e. The Hall–Kier alpha value is -3.96. The number of aromatic nitrogens is 2. The monoisotopic (exact) mass is 331 g/mol. The molecule has 12 nitrogen and oxygen atoms in total. The van der Waals surface area contributed by atoms with Crippen molar-refractivity contribution < 1.29 is 19.5 Å². The summed E-state index contributed by atoms with van der Waals surface area (Å²) in [5.74, 6) is 0. The van der Waals surface area contributed by atoms with Crippen molar-refractivity contribution in [2.75, 3.05) is 0 Å². The fraction of sp³-hybridized carbons (Fsp3) is 0. The molecular weight excluding hydrogens is 326 g/mol. The summed E-state index contributed by atoms with van der Waals surface area (Å²) < 4.78 is 0.224. The first-order valence-electron chi connectivity index (χ1n) is 6.25. The van der Waals surface area contributed by atoms with Crippen LogP contribution in [0.4, 0.5) is 17.1 Å². The third kappa shape index (κ3) is 2.01. The molecule has 0 unspecified atom stereocenters. The molecular formula is C12H5N5O7. The van der Waals surface area contributed by atoms with Gasteiger partial charge in [-0.3, -0.25) is 30.3 Å². The predicted octanol–water partition coefficient (Wildman–Crippen LogP) is 1.75. The van der Waals surface area contributed by atoms with Crippen molar-refractivity contribution in [2.45, 2.75) is 0 Å². The SMILES string of the molecule is O=[N+]([O-])c1cc2c(nc3ccccc3[n+]2[O-])c([N+](=O)[O-])c1[N+](=O)[O-]. The van der Waals surface area contributed by atoms with Crippen LogP contribution in [0, 0.1) is 35.6 Å². The average Bonchev–Trinajstić information content (AvgIpc) is 2.53. The van der Waals surface area contributed by atoms with Crippen molar-refractivity contribution in [2.24, 2.45) is 0 Å². The Bertz CT molecular complexity index is 1060. The minimum absolute atomic E-state index is 0.0162. The van der Waals surface area contributed by atoms with Crippen LogP contribution < -0.4 is 4.73 Å². The summed E-state index contributed by atoms with van der Waals surface area (Å²) in [6.45, 7) is 0. The number of fused-ring (bicyclic) bond motifs is 2. The lowest BCUT2D eigenvalue weighted by molar-refractivity contribution is -0.548. The molecule has 0 fully saturated rings. The molecule has 0 aliphatic rings. The number of benzene rings is 2. The lowest BCUT2D eigenvalue weighted by Gasteiger charge is -2.06. The maximum atomic E-state index is 12.4. The van der Waals surface area contributed by atoms with E-state index in [9.17, 15) is 35.6 Å². The van der Waals surface area contributed by atoms with Crippen molar-refractivity contribution in [1.82, 2.24) is 4.98 Å². The van der Waals surface area contributed by atoms with Crippen molar-refractivity contribution in [3.63, 3.8) is 0 Å². The molecule has 0 bridgehead atoms. The molecule has 3 rings (SSSR count). The highest BCUT2D eigenvalue weighted by Gasteiger charge is 2.42. The molecule has 0 amide bonds. The summed E-state index contributed by atoms with van der Waals surface area (Å²) in [5.41, 5.74) is -4.68. The number of nitro groups is 3. The molecule has 120 valence electrons. The molecule has 1 aromatic heterocycles. The fourth-order valence-corrected chi connectivity index (χ4v) is 2.36. The highest BCUT2D eigenvalue weighted by atomic mass is 16.6. The van der Waals surface area contributed by atoms with Crippen LogP contribution in [-0.4, -0.2) is 19.8 Å². The zero-order chi connectivity index (χ0) is 17.6. The molecule has 0 spiro atoms. The number of hydrogen-bond donors (Lipinski definition) is 0. The van der Waals surface area contributed by atoms with E-state index >= 15 is 0 Å². The molecule has 0 radical (unpaired) electrons. The molecule has 3 aromatic rings. The number of para-hydroxylation sites is 2. The Kier molecular flexibility index (Phi) is 3.14. The highest BCUT2D eigenvalue weighted by molar-refractivity contribution is 5.95. The number of nitrogens with zero attached hydrogens (tertiary/aromatic N) is 5. The molecule has 12 heteroatoms. The molecule has 0 saturated heterocycles. The van der Waals surface area contributed by atoms with Gasteiger partial charge in [0.25, 0.3) is 5.52 Å². The standard InChI is InChI=1S/C12H5N5O7/c18-14-7-4-2-1-3-6(7)13-10-8(14)5-9(15(19)20)11(16(21)22)12(10)17(23)24/h1-5H. The molecule has 0 aliphatic heterocycles. The summed E-state index contributed by atoms with van der Waals surface area (Å²) in [6, 6.07) is 6.41. The van der Waals surface area contributed by atoms with Crippen LogP contribution in [0.1, 0.15) is 0 Å². The van der Waals surface area contributed by atoms with E-state index < -0.39 is 42.9 Å². The lowest BCUT2D eigenvalue weighted by Crippen LogP contribution is -2.29. The number of hydrogen-bond acceptors (Lipinski definition) is 8. The van der Waals surface area contributed by atoms with Crippen molar-refractivity contribution in [3.8, 4) is 0 Å². The molecule has 0 N–H and O–H groups in total. The second-order valence-electron chi connectivity index (χ2n) is 4.63. The third-order valence-corrected chi connectivity index (χ3v) is 3.32. The number of rotatable bonds is 3. The second kappa shape index (κ2) is 5.05. The zero-order valence-corrected chi connectivity index (χ0v) is 11.5. The van der Waals surface area contributed by atoms with E-state index in [4.69, 9.17) is 0 Å². The van der Waals surface area contributed by atoms with Gasteiger partial charge in [0.15, 0.2) is 0 Å². The van der Waals surface area contributed by atoms with E-state index in [0.29, 0.717) is 6.07 Å². The Morgan fingerprint density at radius 3 is 2.08 bits per heavy atom. The zero-order valence-electron chi connectivity index (χ0n) is 11.5. The molecule has 0 saturated carbocycles. The first-order valence-corrected chi connectivity index (χ1v) is 6.25. The van der Waals surface area contributed by atoms with Gasteiger partial charge in [0.1, 0.15) is 5.52 Å². The summed E-state index contributed by atoms with van der Waals surface area (Å²) in [6.07, 6.45) is 0. The maximum absolute atomic E-state index is 12.4. The first kappa shape index (κ1) is 15.0. The summed E-state index contributed by atoms with van der Waals surface area (Å²) in [4.78, 5) is 33.9. The van der Waals surface area contributed by atoms with Gasteiger partial charge in [0.2, 0.25) is 11.0 Å². The van der Waals surface area contributed by atoms with Gasteiger partial charge in [0, 0.05) is 6.07 Å². The van der Waals surface area contributed by atoms with Crippen LogP contribution in [-0.2, 0) is 0 Å². The van der Waals surface area contributed by atoms with E-state index in [0.717, 1.165) is 0 Å². The minimum Gasteiger partial charge on any atom is -0.618 e. The van der Waals surface area contributed by atoms with E-state index in [-0.39, 0.29) is 15.8 Å². The Labute approximate surface area is 130 Å². The van der Waals surface area contributed by atoms with Crippen LogP contribution in [0.3, 0.4) is 0 Å². The van der Waals surface area contributed by atoms with Crippen LogP contribution in [0.15, 0.2) is 30.3 Å². The van der Waals surface area contributed by atoms with Gasteiger partial charge in [-0.05, 0) is 6.07 Å². The van der Waals surface area contributed by atoms with Crippen LogP contribution in [0.25, 0.3) is 22.1 Å².